The van der Waals surface area contributed by atoms with Crippen LogP contribution in [0.5, 0.6) is 5.88 Å². The van der Waals surface area contributed by atoms with Crippen molar-refractivity contribution < 1.29 is 17.9 Å². The number of H-pyrrole nitrogens is 1. The number of nitrogens with zero attached hydrogens (tertiary/aromatic N) is 1. The Kier molecular flexibility index (Phi) is 1.76. The zero-order chi connectivity index (χ0) is 8.48. The van der Waals surface area contributed by atoms with Crippen molar-refractivity contribution in [3.05, 3.63) is 12.0 Å². The van der Waals surface area contributed by atoms with Crippen LogP contribution in [-0.4, -0.2) is 16.3 Å². The summed E-state index contributed by atoms with van der Waals surface area (Å²) in [6, 6.07) is 0. The Labute approximate surface area is 60.2 Å². The highest BCUT2D eigenvalue weighted by molar-refractivity contribution is 5.15. The molecule has 0 aliphatic rings. The van der Waals surface area contributed by atoms with Gasteiger partial charge in [0.25, 0.3) is 0 Å². The number of alkyl halides is 3. The van der Waals surface area contributed by atoms with Crippen LogP contribution < -0.4 is 4.74 Å². The average Bonchev–Trinajstić information content (AvgIpc) is 2.12. The number of rotatable bonds is 1. The van der Waals surface area contributed by atoms with Crippen LogP contribution in [0.3, 0.4) is 0 Å². The lowest BCUT2D eigenvalue weighted by Gasteiger charge is -2.05. The van der Waals surface area contributed by atoms with E-state index in [-0.39, 0.29) is 5.69 Å². The van der Waals surface area contributed by atoms with Crippen LogP contribution in [0.2, 0.25) is 0 Å². The van der Waals surface area contributed by atoms with Crippen LogP contribution in [0.1, 0.15) is 5.69 Å². The van der Waals surface area contributed by atoms with E-state index in [1.54, 1.807) is 0 Å². The predicted octanol–water partition coefficient (Wildman–Crippen LogP) is 1.62. The van der Waals surface area contributed by atoms with Gasteiger partial charge in [-0.25, -0.2) is 4.98 Å². The van der Waals surface area contributed by atoms with Gasteiger partial charge in [-0.15, -0.1) is 13.2 Å². The van der Waals surface area contributed by atoms with Gasteiger partial charge in [0.2, 0.25) is 5.88 Å². The Balaban J connectivity index is 2.72. The van der Waals surface area contributed by atoms with Crippen molar-refractivity contribution in [1.29, 1.82) is 0 Å². The van der Waals surface area contributed by atoms with Crippen LogP contribution in [0, 0.1) is 6.92 Å². The van der Waals surface area contributed by atoms with E-state index in [1.165, 1.54) is 6.92 Å². The molecule has 0 spiro atoms. The summed E-state index contributed by atoms with van der Waals surface area (Å²) in [7, 11) is 0. The van der Waals surface area contributed by atoms with Gasteiger partial charge in [-0.3, -0.25) is 0 Å². The maximum atomic E-state index is 11.5. The van der Waals surface area contributed by atoms with Crippen molar-refractivity contribution in [2.24, 2.45) is 0 Å². The second-order valence-electron chi connectivity index (χ2n) is 1.88. The molecule has 0 aliphatic carbocycles. The third kappa shape index (κ3) is 2.14. The molecule has 0 amide bonds. The highest BCUT2D eigenvalue weighted by atomic mass is 19.4. The zero-order valence-electron chi connectivity index (χ0n) is 5.57. The van der Waals surface area contributed by atoms with E-state index in [0.29, 0.717) is 0 Å². The summed E-state index contributed by atoms with van der Waals surface area (Å²) >= 11 is 0. The molecule has 0 saturated carbocycles. The Morgan fingerprint density at radius 1 is 1.55 bits per heavy atom. The molecule has 1 aromatic heterocycles. The van der Waals surface area contributed by atoms with Gasteiger partial charge >= 0.3 is 6.36 Å². The number of aromatic amines is 1. The minimum atomic E-state index is -4.67. The molecule has 1 aromatic rings. The lowest BCUT2D eigenvalue weighted by Crippen LogP contribution is -2.17. The number of aromatic nitrogens is 2. The van der Waals surface area contributed by atoms with E-state index in [1.807, 2.05) is 0 Å². The minimum Gasteiger partial charge on any atom is -0.386 e. The van der Waals surface area contributed by atoms with Crippen LogP contribution in [0.4, 0.5) is 13.2 Å². The second kappa shape index (κ2) is 2.44. The fraction of sp³-hybridized carbons (Fsp3) is 0.400. The van der Waals surface area contributed by atoms with Gasteiger partial charge in [0.1, 0.15) is 0 Å². The lowest BCUT2D eigenvalue weighted by molar-refractivity contribution is -0.276. The normalized spacial score (nSPS) is 11.6. The first kappa shape index (κ1) is 7.90. The average molecular weight is 166 g/mol. The number of ether oxygens (including phenoxy) is 1. The van der Waals surface area contributed by atoms with Gasteiger partial charge in [0, 0.05) is 0 Å². The summed E-state index contributed by atoms with van der Waals surface area (Å²) in [5.74, 6) is -0.433. The van der Waals surface area contributed by atoms with Crippen molar-refractivity contribution in [3.8, 4) is 5.88 Å². The molecule has 1 N–H and O–H groups in total. The molecule has 0 fully saturated rings. The monoisotopic (exact) mass is 166 g/mol. The van der Waals surface area contributed by atoms with Crippen LogP contribution in [-0.2, 0) is 0 Å². The Morgan fingerprint density at radius 3 is 2.55 bits per heavy atom. The van der Waals surface area contributed by atoms with Gasteiger partial charge in [-0.1, -0.05) is 0 Å². The lowest BCUT2D eigenvalue weighted by atomic mass is 10.5. The summed E-state index contributed by atoms with van der Waals surface area (Å²) in [6.45, 7) is 1.44. The maximum Gasteiger partial charge on any atom is 0.574 e. The second-order valence-corrected chi connectivity index (χ2v) is 1.88. The number of hydrogen-bond donors (Lipinski definition) is 1. The van der Waals surface area contributed by atoms with E-state index >= 15 is 0 Å². The zero-order valence-corrected chi connectivity index (χ0v) is 5.57. The van der Waals surface area contributed by atoms with Crippen molar-refractivity contribution >= 4 is 0 Å². The van der Waals surface area contributed by atoms with E-state index in [2.05, 4.69) is 14.7 Å². The van der Waals surface area contributed by atoms with E-state index < -0.39 is 12.2 Å². The number of halogens is 3. The molecular formula is C5H5F3N2O. The summed E-state index contributed by atoms with van der Waals surface area (Å²) in [4.78, 5) is 5.76. The molecule has 0 radical (unpaired) electrons. The standard InChI is InChI=1S/C5H5F3N2O/c1-3-4(10-2-9-3)11-5(6,7)8/h2H,1H3,(H,9,10). The molecule has 0 unspecified atom stereocenters. The Hall–Kier alpha value is -1.20. The molecule has 1 heterocycles. The molecule has 0 aliphatic heterocycles. The summed E-state index contributed by atoms with van der Waals surface area (Å²) < 4.78 is 38.1. The third-order valence-corrected chi connectivity index (χ3v) is 0.996. The fourth-order valence-corrected chi connectivity index (χ4v) is 0.559. The molecule has 0 atom stereocenters. The summed E-state index contributed by atoms with van der Waals surface area (Å²) in [5, 5.41) is 0. The third-order valence-electron chi connectivity index (χ3n) is 0.996. The highest BCUT2D eigenvalue weighted by Gasteiger charge is 2.32. The molecule has 6 heteroatoms. The molecule has 3 nitrogen and oxygen atoms in total. The van der Waals surface area contributed by atoms with E-state index in [0.717, 1.165) is 6.33 Å². The van der Waals surface area contributed by atoms with Crippen molar-refractivity contribution in [2.75, 3.05) is 0 Å². The smallest absolute Gasteiger partial charge is 0.386 e. The maximum absolute atomic E-state index is 11.5. The summed E-state index contributed by atoms with van der Waals surface area (Å²) in [5.41, 5.74) is 0.252. The molecule has 1 rings (SSSR count). The first-order valence-corrected chi connectivity index (χ1v) is 2.75. The van der Waals surface area contributed by atoms with Gasteiger partial charge in [-0.2, -0.15) is 0 Å². The first-order valence-electron chi connectivity index (χ1n) is 2.75. The largest absolute Gasteiger partial charge is 0.574 e. The number of aryl methyl sites for hydroxylation is 1. The molecule has 0 aromatic carbocycles. The fourth-order valence-electron chi connectivity index (χ4n) is 0.559. The molecule has 62 valence electrons. The van der Waals surface area contributed by atoms with Crippen LogP contribution >= 0.6 is 0 Å². The number of imidazole rings is 1. The molecule has 11 heavy (non-hydrogen) atoms. The molecular weight excluding hydrogens is 161 g/mol. The van der Waals surface area contributed by atoms with Gasteiger partial charge in [0.15, 0.2) is 0 Å². The van der Waals surface area contributed by atoms with E-state index in [4.69, 9.17) is 0 Å². The van der Waals surface area contributed by atoms with Crippen molar-refractivity contribution in [1.82, 2.24) is 9.97 Å². The van der Waals surface area contributed by atoms with Gasteiger partial charge in [0.05, 0.1) is 12.0 Å². The Morgan fingerprint density at radius 2 is 2.18 bits per heavy atom. The topological polar surface area (TPSA) is 37.9 Å². The van der Waals surface area contributed by atoms with Gasteiger partial charge in [-0.05, 0) is 6.92 Å². The van der Waals surface area contributed by atoms with Crippen LogP contribution in [0.25, 0.3) is 0 Å². The SMILES string of the molecule is Cc1[nH]cnc1OC(F)(F)F. The molecule has 0 saturated heterocycles. The summed E-state index contributed by atoms with van der Waals surface area (Å²) in [6.07, 6.45) is -3.53. The van der Waals surface area contributed by atoms with Crippen LogP contribution in [0.15, 0.2) is 6.33 Å². The van der Waals surface area contributed by atoms with Crippen molar-refractivity contribution in [3.63, 3.8) is 0 Å². The van der Waals surface area contributed by atoms with E-state index in [9.17, 15) is 13.2 Å². The van der Waals surface area contributed by atoms with Gasteiger partial charge < -0.3 is 9.72 Å². The van der Waals surface area contributed by atoms with Crippen molar-refractivity contribution in [2.45, 2.75) is 13.3 Å². The number of hydrogen-bond acceptors (Lipinski definition) is 2. The minimum absolute atomic E-state index is 0.252. The Bertz CT molecular complexity index is 242. The highest BCUT2D eigenvalue weighted by Crippen LogP contribution is 2.22. The first-order chi connectivity index (χ1) is 4.99. The molecule has 0 bridgehead atoms. The quantitative estimate of drug-likeness (QED) is 0.688. The number of nitrogens with one attached hydrogen (secondary N) is 1. The predicted molar refractivity (Wildman–Crippen MR) is 30.0 cm³/mol.